The van der Waals surface area contributed by atoms with Gasteiger partial charge in [-0.1, -0.05) is 11.6 Å². The molecule has 0 saturated heterocycles. The highest BCUT2D eigenvalue weighted by atomic mass is 35.5. The molecule has 1 rings (SSSR count). The molecule has 0 aromatic carbocycles. The molecule has 1 amide bonds. The number of rotatable bonds is 4. The average molecular weight is 271 g/mol. The van der Waals surface area contributed by atoms with Crippen LogP contribution in [-0.2, 0) is 0 Å². The fourth-order valence-electron chi connectivity index (χ4n) is 0.930. The third kappa shape index (κ3) is 3.55. The van der Waals surface area contributed by atoms with Gasteiger partial charge >= 0.3 is 12.3 Å². The molecule has 0 saturated carbocycles. The van der Waals surface area contributed by atoms with Crippen molar-refractivity contribution >= 4 is 17.5 Å². The number of aromatic nitrogens is 1. The van der Waals surface area contributed by atoms with Crippen molar-refractivity contribution in [2.45, 2.75) is 12.3 Å². The molecule has 0 atom stereocenters. The maximum Gasteiger partial charge on any atom is 0.324 e. The van der Waals surface area contributed by atoms with Gasteiger partial charge in [-0.05, 0) is 6.07 Å². The third-order valence-corrected chi connectivity index (χ3v) is 2.12. The van der Waals surface area contributed by atoms with Crippen molar-refractivity contribution in [2.24, 2.45) is 0 Å². The predicted octanol–water partition coefficient (Wildman–Crippen LogP) is 2.37. The minimum Gasteiger partial charge on any atom is -0.346 e. The minimum absolute atomic E-state index is 0.0506. The number of hydrogen-bond donors (Lipinski definition) is 1. The molecule has 0 aliphatic rings. The summed E-state index contributed by atoms with van der Waals surface area (Å²) in [5.41, 5.74) is -0.105. The van der Waals surface area contributed by atoms with Crippen LogP contribution in [0, 0.1) is 0 Å². The Morgan fingerprint density at radius 1 is 1.53 bits per heavy atom. The van der Waals surface area contributed by atoms with Crippen molar-refractivity contribution in [3.63, 3.8) is 0 Å². The highest BCUT2D eigenvalue weighted by Gasteiger charge is 2.40. The lowest BCUT2D eigenvalue weighted by atomic mass is 10.2. The molecule has 94 valence electrons. The van der Waals surface area contributed by atoms with Gasteiger partial charge in [-0.15, -0.1) is 0 Å². The maximum absolute atomic E-state index is 12.5. The van der Waals surface area contributed by atoms with Crippen LogP contribution in [-0.4, -0.2) is 29.8 Å². The Morgan fingerprint density at radius 3 is 2.71 bits per heavy atom. The fraction of sp³-hybridized carbons (Fsp3) is 0.333. The van der Waals surface area contributed by atoms with Gasteiger partial charge in [0.25, 0.3) is 5.91 Å². The van der Waals surface area contributed by atoms with E-state index >= 15 is 0 Å². The van der Waals surface area contributed by atoms with Gasteiger partial charge in [-0.3, -0.25) is 9.78 Å². The van der Waals surface area contributed by atoms with Gasteiger partial charge in [-0.25, -0.2) is 8.78 Å². The van der Waals surface area contributed by atoms with Crippen LogP contribution in [0.3, 0.4) is 0 Å². The van der Waals surface area contributed by atoms with Gasteiger partial charge in [0.05, 0.1) is 17.1 Å². The molecular formula is C9H7ClF4N2O. The Hall–Kier alpha value is -1.37. The van der Waals surface area contributed by atoms with Gasteiger partial charge in [0.15, 0.2) is 0 Å². The number of hydrogen-bond acceptors (Lipinski definition) is 2. The number of carbonyl (C=O) groups is 1. The molecule has 0 radical (unpaired) electrons. The first-order valence-corrected chi connectivity index (χ1v) is 4.76. The molecule has 0 unspecified atom stereocenters. The van der Waals surface area contributed by atoms with Crippen LogP contribution in [0.1, 0.15) is 10.4 Å². The van der Waals surface area contributed by atoms with Crippen LogP contribution in [0.4, 0.5) is 17.6 Å². The number of halogens is 5. The summed E-state index contributed by atoms with van der Waals surface area (Å²) < 4.78 is 48.6. The number of carbonyl (C=O) groups excluding carboxylic acids is 1. The minimum atomic E-state index is -4.27. The first-order valence-electron chi connectivity index (χ1n) is 4.38. The predicted molar refractivity (Wildman–Crippen MR) is 52.5 cm³/mol. The Bertz CT molecular complexity index is 414. The van der Waals surface area contributed by atoms with Crippen LogP contribution in [0.2, 0.25) is 5.02 Å². The molecule has 0 fully saturated rings. The maximum atomic E-state index is 12.5. The van der Waals surface area contributed by atoms with Crippen molar-refractivity contribution in [1.29, 1.82) is 0 Å². The van der Waals surface area contributed by atoms with Crippen LogP contribution in [0.25, 0.3) is 0 Å². The van der Waals surface area contributed by atoms with E-state index in [1.807, 2.05) is 0 Å². The van der Waals surface area contributed by atoms with Crippen LogP contribution in [0.15, 0.2) is 18.5 Å². The third-order valence-electron chi connectivity index (χ3n) is 1.82. The fourth-order valence-corrected chi connectivity index (χ4v) is 1.13. The Kier molecular flexibility index (Phi) is 4.28. The zero-order valence-electron chi connectivity index (χ0n) is 8.26. The first kappa shape index (κ1) is 13.7. The summed E-state index contributed by atoms with van der Waals surface area (Å²) in [4.78, 5) is 14.9. The Balaban J connectivity index is 2.66. The van der Waals surface area contributed by atoms with Gasteiger partial charge in [0.1, 0.15) is 0 Å². The average Bonchev–Trinajstić information content (AvgIpc) is 2.26. The number of nitrogens with one attached hydrogen (secondary N) is 1. The van der Waals surface area contributed by atoms with Gasteiger partial charge in [-0.2, -0.15) is 8.78 Å². The largest absolute Gasteiger partial charge is 0.346 e. The molecule has 0 bridgehead atoms. The highest BCUT2D eigenvalue weighted by Crippen LogP contribution is 2.22. The number of pyridine rings is 1. The van der Waals surface area contributed by atoms with Gasteiger partial charge < -0.3 is 5.32 Å². The number of alkyl halides is 4. The second-order valence-electron chi connectivity index (χ2n) is 3.10. The van der Waals surface area contributed by atoms with Crippen LogP contribution in [0.5, 0.6) is 0 Å². The van der Waals surface area contributed by atoms with E-state index in [4.69, 9.17) is 11.6 Å². The SMILES string of the molecule is O=C(NCC(F)(F)C(F)F)c1ccncc1Cl. The highest BCUT2D eigenvalue weighted by molar-refractivity contribution is 6.33. The van der Waals surface area contributed by atoms with Crippen LogP contribution >= 0.6 is 11.6 Å². The monoisotopic (exact) mass is 270 g/mol. The first-order chi connectivity index (χ1) is 7.84. The molecule has 8 heteroatoms. The molecule has 0 aliphatic carbocycles. The molecule has 1 N–H and O–H groups in total. The lowest BCUT2D eigenvalue weighted by Gasteiger charge is -2.15. The summed E-state index contributed by atoms with van der Waals surface area (Å²) in [5.74, 6) is -5.23. The summed E-state index contributed by atoms with van der Waals surface area (Å²) >= 11 is 5.57. The lowest BCUT2D eigenvalue weighted by molar-refractivity contribution is -0.123. The normalized spacial score (nSPS) is 11.6. The molecule has 3 nitrogen and oxygen atoms in total. The molecule has 1 aromatic heterocycles. The smallest absolute Gasteiger partial charge is 0.324 e. The van der Waals surface area contributed by atoms with Crippen molar-refractivity contribution in [1.82, 2.24) is 10.3 Å². The molecule has 1 aromatic rings. The zero-order chi connectivity index (χ0) is 13.1. The second kappa shape index (κ2) is 5.31. The summed E-state index contributed by atoms with van der Waals surface area (Å²) in [5, 5.41) is 1.63. The van der Waals surface area contributed by atoms with E-state index in [-0.39, 0.29) is 10.6 Å². The summed E-state index contributed by atoms with van der Waals surface area (Å²) in [6, 6.07) is 1.19. The summed E-state index contributed by atoms with van der Waals surface area (Å²) in [6.07, 6.45) is -1.47. The van der Waals surface area contributed by atoms with Crippen LogP contribution < -0.4 is 5.32 Å². The molecule has 17 heavy (non-hydrogen) atoms. The molecular weight excluding hydrogens is 264 g/mol. The van der Waals surface area contributed by atoms with E-state index in [1.54, 1.807) is 5.32 Å². The van der Waals surface area contributed by atoms with E-state index in [2.05, 4.69) is 4.98 Å². The van der Waals surface area contributed by atoms with Gasteiger partial charge in [0, 0.05) is 12.4 Å². The molecule has 0 aliphatic heterocycles. The van der Waals surface area contributed by atoms with Crippen molar-refractivity contribution in [3.05, 3.63) is 29.0 Å². The number of amides is 1. The van der Waals surface area contributed by atoms with Crippen molar-refractivity contribution < 1.29 is 22.4 Å². The molecule has 0 spiro atoms. The Morgan fingerprint density at radius 2 is 2.18 bits per heavy atom. The standard InChI is InChI=1S/C9H7ClF4N2O/c10-6-3-15-2-1-5(6)7(17)16-4-9(13,14)8(11)12/h1-3,8H,4H2,(H,16,17). The number of nitrogens with zero attached hydrogens (tertiary/aromatic N) is 1. The van der Waals surface area contributed by atoms with E-state index in [0.29, 0.717) is 0 Å². The quantitative estimate of drug-likeness (QED) is 0.854. The Labute approximate surface area is 98.8 Å². The van der Waals surface area contributed by atoms with E-state index in [9.17, 15) is 22.4 Å². The topological polar surface area (TPSA) is 42.0 Å². The molecule has 1 heterocycles. The van der Waals surface area contributed by atoms with E-state index in [1.165, 1.54) is 12.3 Å². The summed E-state index contributed by atoms with van der Waals surface area (Å²) in [6.45, 7) is -1.46. The lowest BCUT2D eigenvalue weighted by Crippen LogP contribution is -2.41. The summed E-state index contributed by atoms with van der Waals surface area (Å²) in [7, 11) is 0. The van der Waals surface area contributed by atoms with Gasteiger partial charge in [0.2, 0.25) is 0 Å². The zero-order valence-corrected chi connectivity index (χ0v) is 9.02. The van der Waals surface area contributed by atoms with Crippen molar-refractivity contribution in [2.75, 3.05) is 6.54 Å². The van der Waals surface area contributed by atoms with E-state index < -0.39 is 24.8 Å². The second-order valence-corrected chi connectivity index (χ2v) is 3.51. The van der Waals surface area contributed by atoms with Crippen molar-refractivity contribution in [3.8, 4) is 0 Å². The van der Waals surface area contributed by atoms with E-state index in [0.717, 1.165) is 6.20 Å².